The Labute approximate surface area is 260 Å². The van der Waals surface area contributed by atoms with Gasteiger partial charge in [-0.25, -0.2) is 13.8 Å². The molecule has 10 heteroatoms. The molecule has 234 valence electrons. The first-order valence-electron chi connectivity index (χ1n) is 16.1. The molecule has 0 saturated carbocycles. The summed E-state index contributed by atoms with van der Waals surface area (Å²) in [5.74, 6) is -0.544. The summed E-state index contributed by atoms with van der Waals surface area (Å²) >= 11 is 0. The Balaban J connectivity index is 1.36. The lowest BCUT2D eigenvalue weighted by atomic mass is 9.93. The summed E-state index contributed by atoms with van der Waals surface area (Å²) in [5.41, 5.74) is 1.99. The summed E-state index contributed by atoms with van der Waals surface area (Å²) in [6.45, 7) is 10.6. The summed E-state index contributed by atoms with van der Waals surface area (Å²) in [6.07, 6.45) is 6.13. The molecule has 3 saturated heterocycles. The number of halogens is 2. The Morgan fingerprint density at radius 1 is 1.04 bits per heavy atom. The second kappa shape index (κ2) is 10.9. The number of fused-ring (bicyclic) bond motifs is 4. The van der Waals surface area contributed by atoms with Crippen LogP contribution in [0, 0.1) is 11.6 Å². The maximum absolute atomic E-state index is 17.1. The van der Waals surface area contributed by atoms with Crippen LogP contribution in [0.15, 0.2) is 30.8 Å². The number of rotatable bonds is 5. The average molecular weight is 614 g/mol. The zero-order valence-electron chi connectivity index (χ0n) is 25.5. The van der Waals surface area contributed by atoms with Crippen molar-refractivity contribution in [2.75, 3.05) is 44.4 Å². The van der Waals surface area contributed by atoms with Gasteiger partial charge < -0.3 is 19.5 Å². The first kappa shape index (κ1) is 28.6. The van der Waals surface area contributed by atoms with Crippen molar-refractivity contribution in [3.8, 4) is 23.0 Å². The third kappa shape index (κ3) is 4.55. The molecule has 2 aromatic heterocycles. The van der Waals surface area contributed by atoms with Gasteiger partial charge in [0.1, 0.15) is 35.2 Å². The van der Waals surface area contributed by atoms with Crippen LogP contribution in [0.3, 0.4) is 0 Å². The van der Waals surface area contributed by atoms with E-state index >= 15 is 8.78 Å². The predicted molar refractivity (Wildman–Crippen MR) is 170 cm³/mol. The lowest BCUT2D eigenvalue weighted by molar-refractivity contribution is 0.108. The molecule has 2 aromatic carbocycles. The van der Waals surface area contributed by atoms with Crippen molar-refractivity contribution in [3.63, 3.8) is 0 Å². The van der Waals surface area contributed by atoms with Crippen LogP contribution in [0.5, 0.6) is 11.8 Å². The highest BCUT2D eigenvalue weighted by Gasteiger charge is 2.45. The number of hydrogen-bond donors (Lipinski definition) is 1. The number of aryl methyl sites for hydroxylation is 1. The highest BCUT2D eigenvalue weighted by Crippen LogP contribution is 2.45. The largest absolute Gasteiger partial charge is 0.508 e. The average Bonchev–Trinajstić information content (AvgIpc) is 3.50. The van der Waals surface area contributed by atoms with E-state index in [1.165, 1.54) is 12.1 Å². The van der Waals surface area contributed by atoms with E-state index in [9.17, 15) is 5.11 Å². The first-order chi connectivity index (χ1) is 21.9. The Bertz CT molecular complexity index is 1850. The third-order valence-electron chi connectivity index (χ3n) is 10.3. The number of ether oxygens (including phenoxy) is 2. The standard InChI is InChI=1S/C35H37F2N5O3/c1-3-24-26(36)8-7-21-16-23(43)17-25(27(21)24)31-29(37)32-28-30(38-31)20(2)15-22-18-44-14-6-13-42(22)33(28)40-34(39-32)45-19-35-9-4-11-41(35)12-5-10-35/h7-8,16-17,22,43H,2-6,9-15,18-19H2,1H3. The zero-order chi connectivity index (χ0) is 30.9. The highest BCUT2D eigenvalue weighted by atomic mass is 19.1. The third-order valence-corrected chi connectivity index (χ3v) is 10.3. The van der Waals surface area contributed by atoms with Crippen molar-refractivity contribution in [1.82, 2.24) is 19.9 Å². The lowest BCUT2D eigenvalue weighted by Gasteiger charge is -2.32. The molecule has 0 amide bonds. The van der Waals surface area contributed by atoms with Gasteiger partial charge in [-0.1, -0.05) is 19.6 Å². The molecule has 0 aliphatic carbocycles. The summed E-state index contributed by atoms with van der Waals surface area (Å²) in [7, 11) is 0. The first-order valence-corrected chi connectivity index (χ1v) is 16.1. The van der Waals surface area contributed by atoms with Gasteiger partial charge in [-0.3, -0.25) is 4.90 Å². The van der Waals surface area contributed by atoms with E-state index < -0.39 is 5.82 Å². The molecule has 3 fully saturated rings. The molecule has 1 N–H and O–H groups in total. The summed E-state index contributed by atoms with van der Waals surface area (Å²) < 4.78 is 44.6. The SMILES string of the molecule is C=C1CC2COCCCN2c2nc(OCC34CCCN3CCC4)nc3c(F)c(-c4cc(O)cc5ccc(F)c(CC)c45)nc1c23. The molecule has 8 nitrogen and oxygen atoms in total. The molecule has 1 unspecified atom stereocenters. The number of aromatic nitrogens is 3. The number of phenols is 1. The number of benzene rings is 2. The second-order valence-corrected chi connectivity index (χ2v) is 12.9. The van der Waals surface area contributed by atoms with Crippen molar-refractivity contribution in [2.45, 2.75) is 63.5 Å². The number of hydrogen-bond acceptors (Lipinski definition) is 8. The van der Waals surface area contributed by atoms with Gasteiger partial charge in [-0.15, -0.1) is 0 Å². The summed E-state index contributed by atoms with van der Waals surface area (Å²) in [6, 6.07) is 6.06. The number of phenolic OH excluding ortho intramolecular Hbond substituents is 1. The molecule has 0 spiro atoms. The van der Waals surface area contributed by atoms with E-state index in [1.54, 1.807) is 12.1 Å². The minimum absolute atomic E-state index is 0.0138. The highest BCUT2D eigenvalue weighted by molar-refractivity contribution is 6.05. The van der Waals surface area contributed by atoms with Crippen LogP contribution in [-0.2, 0) is 11.2 Å². The van der Waals surface area contributed by atoms with Crippen LogP contribution >= 0.6 is 0 Å². The van der Waals surface area contributed by atoms with Crippen LogP contribution in [-0.4, -0.2) is 76.0 Å². The van der Waals surface area contributed by atoms with Crippen LogP contribution in [0.2, 0.25) is 0 Å². The Morgan fingerprint density at radius 2 is 1.87 bits per heavy atom. The van der Waals surface area contributed by atoms with Gasteiger partial charge in [0.05, 0.1) is 29.3 Å². The van der Waals surface area contributed by atoms with Gasteiger partial charge >= 0.3 is 6.01 Å². The maximum atomic E-state index is 17.1. The molecular formula is C35H37F2N5O3. The van der Waals surface area contributed by atoms with Crippen LogP contribution in [0.25, 0.3) is 38.5 Å². The van der Waals surface area contributed by atoms with Gasteiger partial charge in [0, 0.05) is 18.7 Å². The fraction of sp³-hybridized carbons (Fsp3) is 0.457. The van der Waals surface area contributed by atoms with Crippen LogP contribution in [0.4, 0.5) is 14.6 Å². The number of pyridine rings is 1. The molecule has 45 heavy (non-hydrogen) atoms. The van der Waals surface area contributed by atoms with Gasteiger partial charge in [-0.2, -0.15) is 9.97 Å². The molecule has 8 rings (SSSR count). The summed E-state index contributed by atoms with van der Waals surface area (Å²) in [5, 5.41) is 12.3. The number of aromatic hydroxyl groups is 1. The molecule has 1 atom stereocenters. The fourth-order valence-electron chi connectivity index (χ4n) is 8.19. The molecule has 6 heterocycles. The number of anilines is 1. The van der Waals surface area contributed by atoms with Gasteiger partial charge in [0.15, 0.2) is 5.82 Å². The molecular weight excluding hydrogens is 576 g/mol. The van der Waals surface area contributed by atoms with E-state index in [4.69, 9.17) is 24.4 Å². The Hall–Kier alpha value is -3.89. The van der Waals surface area contributed by atoms with Crippen molar-refractivity contribution in [2.24, 2.45) is 0 Å². The minimum Gasteiger partial charge on any atom is -0.508 e. The van der Waals surface area contributed by atoms with Gasteiger partial charge in [0.2, 0.25) is 0 Å². The molecule has 4 aromatic rings. The van der Waals surface area contributed by atoms with E-state index in [0.717, 1.165) is 50.8 Å². The lowest BCUT2D eigenvalue weighted by Crippen LogP contribution is -2.43. The summed E-state index contributed by atoms with van der Waals surface area (Å²) in [4.78, 5) is 19.3. The number of nitrogens with zero attached hydrogens (tertiary/aromatic N) is 5. The topological polar surface area (TPSA) is 83.8 Å². The molecule has 4 aliphatic rings. The zero-order valence-corrected chi connectivity index (χ0v) is 25.5. The van der Waals surface area contributed by atoms with E-state index in [-0.39, 0.29) is 40.4 Å². The smallest absolute Gasteiger partial charge is 0.319 e. The van der Waals surface area contributed by atoms with Gasteiger partial charge in [-0.05, 0) is 98.1 Å². The van der Waals surface area contributed by atoms with Crippen LogP contribution < -0.4 is 9.64 Å². The van der Waals surface area contributed by atoms with Crippen molar-refractivity contribution >= 4 is 33.1 Å². The van der Waals surface area contributed by atoms with Crippen molar-refractivity contribution < 1.29 is 23.4 Å². The van der Waals surface area contributed by atoms with E-state index in [0.29, 0.717) is 78.0 Å². The monoisotopic (exact) mass is 613 g/mol. The molecule has 0 radical (unpaired) electrons. The normalized spacial score (nSPS) is 21.2. The van der Waals surface area contributed by atoms with Crippen LogP contribution in [0.1, 0.15) is 56.7 Å². The Kier molecular flexibility index (Phi) is 6.91. The predicted octanol–water partition coefficient (Wildman–Crippen LogP) is 6.41. The maximum Gasteiger partial charge on any atom is 0.319 e. The van der Waals surface area contributed by atoms with E-state index in [1.807, 2.05) is 6.92 Å². The Morgan fingerprint density at radius 3 is 2.67 bits per heavy atom. The quantitative estimate of drug-likeness (QED) is 0.277. The van der Waals surface area contributed by atoms with Gasteiger partial charge in [0.25, 0.3) is 0 Å². The fourth-order valence-corrected chi connectivity index (χ4v) is 8.19. The van der Waals surface area contributed by atoms with E-state index in [2.05, 4.69) is 16.4 Å². The molecule has 4 aliphatic heterocycles. The van der Waals surface area contributed by atoms with Crippen molar-refractivity contribution in [1.29, 1.82) is 0 Å². The second-order valence-electron chi connectivity index (χ2n) is 12.9. The molecule has 0 bridgehead atoms. The minimum atomic E-state index is -0.667. The van der Waals surface area contributed by atoms with Crippen molar-refractivity contribution in [3.05, 3.63) is 53.7 Å².